The average molecular weight is 340 g/mol. The van der Waals surface area contributed by atoms with Gasteiger partial charge in [-0.1, -0.05) is 37.6 Å². The molecule has 1 saturated heterocycles. The van der Waals surface area contributed by atoms with E-state index in [-0.39, 0.29) is 11.7 Å². The highest BCUT2D eigenvalue weighted by atomic mass is 19.1. The molecule has 1 heterocycles. The Kier molecular flexibility index (Phi) is 5.69. The van der Waals surface area contributed by atoms with Crippen molar-refractivity contribution in [3.05, 3.63) is 65.5 Å². The van der Waals surface area contributed by atoms with Gasteiger partial charge in [0.1, 0.15) is 5.82 Å². The topological polar surface area (TPSA) is 23.6 Å². The summed E-state index contributed by atoms with van der Waals surface area (Å²) in [6, 6.07) is 14.8. The molecule has 4 heteroatoms. The molecule has 2 aromatic rings. The first-order chi connectivity index (χ1) is 12.2. The summed E-state index contributed by atoms with van der Waals surface area (Å²) < 4.78 is 13.9. The number of nitrogens with zero attached hydrogens (tertiary/aromatic N) is 2. The molecular formula is C21H25FN2O. The zero-order chi connectivity index (χ0) is 17.6. The molecule has 1 aliphatic heterocycles. The van der Waals surface area contributed by atoms with E-state index in [1.807, 2.05) is 28.0 Å². The van der Waals surface area contributed by atoms with Crippen LogP contribution in [0, 0.1) is 5.82 Å². The summed E-state index contributed by atoms with van der Waals surface area (Å²) in [7, 11) is 0. The number of hydrogen-bond donors (Lipinski definition) is 0. The fourth-order valence-electron chi connectivity index (χ4n) is 3.24. The van der Waals surface area contributed by atoms with Crippen LogP contribution in [0.1, 0.15) is 35.7 Å². The van der Waals surface area contributed by atoms with Gasteiger partial charge in [-0.15, -0.1) is 0 Å². The Hall–Kier alpha value is -2.36. The molecule has 0 bridgehead atoms. The average Bonchev–Trinajstić information content (AvgIpc) is 2.67. The lowest BCUT2D eigenvalue weighted by atomic mass is 10.1. The smallest absolute Gasteiger partial charge is 0.253 e. The Labute approximate surface area is 149 Å². The summed E-state index contributed by atoms with van der Waals surface area (Å²) in [5.74, 6) is -0.139. The third kappa shape index (κ3) is 4.19. The molecule has 1 amide bonds. The van der Waals surface area contributed by atoms with Crippen LogP contribution in [0.3, 0.4) is 0 Å². The standard InChI is InChI=1S/C21H25FN2O/c1-2-3-6-17-9-11-18(12-10-17)21(25)24-15-13-23(14-16-24)20-8-5-4-7-19(20)22/h4-5,7-12H,2-3,6,13-16H2,1H3. The molecule has 2 aromatic carbocycles. The molecule has 25 heavy (non-hydrogen) atoms. The second-order valence-corrected chi connectivity index (χ2v) is 6.53. The first kappa shape index (κ1) is 17.5. The number of amides is 1. The van der Waals surface area contributed by atoms with E-state index in [0.717, 1.165) is 12.0 Å². The molecule has 0 aliphatic carbocycles. The van der Waals surface area contributed by atoms with Crippen LogP contribution in [0.5, 0.6) is 0 Å². The van der Waals surface area contributed by atoms with Crippen molar-refractivity contribution in [3.8, 4) is 0 Å². The summed E-state index contributed by atoms with van der Waals surface area (Å²) in [5, 5.41) is 0. The van der Waals surface area contributed by atoms with Gasteiger partial charge in [-0.3, -0.25) is 4.79 Å². The maximum atomic E-state index is 13.9. The predicted octanol–water partition coefficient (Wildman–Crippen LogP) is 4.13. The fourth-order valence-corrected chi connectivity index (χ4v) is 3.24. The number of aryl methyl sites for hydroxylation is 1. The van der Waals surface area contributed by atoms with Crippen LogP contribution in [0.2, 0.25) is 0 Å². The third-order valence-corrected chi connectivity index (χ3v) is 4.78. The fraction of sp³-hybridized carbons (Fsp3) is 0.381. The van der Waals surface area contributed by atoms with Gasteiger partial charge in [0, 0.05) is 31.7 Å². The number of hydrogen-bond acceptors (Lipinski definition) is 2. The third-order valence-electron chi connectivity index (χ3n) is 4.78. The summed E-state index contributed by atoms with van der Waals surface area (Å²) >= 11 is 0. The van der Waals surface area contributed by atoms with Crippen LogP contribution in [0.4, 0.5) is 10.1 Å². The molecule has 0 spiro atoms. The minimum Gasteiger partial charge on any atom is -0.366 e. The van der Waals surface area contributed by atoms with Crippen LogP contribution >= 0.6 is 0 Å². The molecule has 0 saturated carbocycles. The Balaban J connectivity index is 1.59. The van der Waals surface area contributed by atoms with Crippen LogP contribution < -0.4 is 4.90 Å². The van der Waals surface area contributed by atoms with E-state index in [1.165, 1.54) is 24.5 Å². The van der Waals surface area contributed by atoms with E-state index < -0.39 is 0 Å². The zero-order valence-electron chi connectivity index (χ0n) is 14.7. The van der Waals surface area contributed by atoms with Gasteiger partial charge in [-0.2, -0.15) is 0 Å². The van der Waals surface area contributed by atoms with Gasteiger partial charge in [-0.05, 0) is 42.7 Å². The second kappa shape index (κ2) is 8.15. The molecule has 3 nitrogen and oxygen atoms in total. The minimum absolute atomic E-state index is 0.0650. The summed E-state index contributed by atoms with van der Waals surface area (Å²) in [6.45, 7) is 4.72. The number of anilines is 1. The second-order valence-electron chi connectivity index (χ2n) is 6.53. The maximum Gasteiger partial charge on any atom is 0.253 e. The van der Waals surface area contributed by atoms with Crippen molar-refractivity contribution in [2.45, 2.75) is 26.2 Å². The van der Waals surface area contributed by atoms with E-state index in [9.17, 15) is 9.18 Å². The van der Waals surface area contributed by atoms with Crippen LogP contribution in [0.15, 0.2) is 48.5 Å². The number of para-hydroxylation sites is 1. The van der Waals surface area contributed by atoms with Crippen molar-refractivity contribution in [3.63, 3.8) is 0 Å². The Morgan fingerprint density at radius 2 is 1.68 bits per heavy atom. The maximum absolute atomic E-state index is 13.9. The number of carbonyl (C=O) groups is 1. The number of halogens is 1. The molecule has 3 rings (SSSR count). The van der Waals surface area contributed by atoms with E-state index in [2.05, 4.69) is 19.1 Å². The van der Waals surface area contributed by atoms with Crippen molar-refractivity contribution in [1.82, 2.24) is 4.90 Å². The normalized spacial score (nSPS) is 14.6. The van der Waals surface area contributed by atoms with E-state index in [4.69, 9.17) is 0 Å². The van der Waals surface area contributed by atoms with Gasteiger partial charge < -0.3 is 9.80 Å². The van der Waals surface area contributed by atoms with E-state index in [1.54, 1.807) is 12.1 Å². The van der Waals surface area contributed by atoms with Gasteiger partial charge in [-0.25, -0.2) is 4.39 Å². The highest BCUT2D eigenvalue weighted by Gasteiger charge is 2.23. The summed E-state index contributed by atoms with van der Waals surface area (Å²) in [6.07, 6.45) is 3.41. The molecular weight excluding hydrogens is 315 g/mol. The number of carbonyl (C=O) groups excluding carboxylic acids is 1. The lowest BCUT2D eigenvalue weighted by molar-refractivity contribution is 0.0746. The van der Waals surface area contributed by atoms with Crippen molar-refractivity contribution < 1.29 is 9.18 Å². The van der Waals surface area contributed by atoms with Crippen molar-refractivity contribution in [2.24, 2.45) is 0 Å². The van der Waals surface area contributed by atoms with Gasteiger partial charge in [0.25, 0.3) is 5.91 Å². The van der Waals surface area contributed by atoms with E-state index >= 15 is 0 Å². The van der Waals surface area contributed by atoms with Gasteiger partial charge in [0.2, 0.25) is 0 Å². The van der Waals surface area contributed by atoms with Gasteiger partial charge in [0.05, 0.1) is 5.69 Å². The number of piperazine rings is 1. The quantitative estimate of drug-likeness (QED) is 0.817. The molecule has 0 N–H and O–H groups in total. The zero-order valence-corrected chi connectivity index (χ0v) is 14.7. The van der Waals surface area contributed by atoms with Crippen LogP contribution in [0.25, 0.3) is 0 Å². The van der Waals surface area contributed by atoms with Crippen LogP contribution in [-0.2, 0) is 6.42 Å². The molecule has 1 fully saturated rings. The number of rotatable bonds is 5. The molecule has 0 atom stereocenters. The van der Waals surface area contributed by atoms with Crippen molar-refractivity contribution in [1.29, 1.82) is 0 Å². The molecule has 1 aliphatic rings. The highest BCUT2D eigenvalue weighted by Crippen LogP contribution is 2.21. The Bertz CT molecular complexity index is 706. The first-order valence-electron chi connectivity index (χ1n) is 9.06. The largest absolute Gasteiger partial charge is 0.366 e. The summed E-state index contributed by atoms with van der Waals surface area (Å²) in [5.41, 5.74) is 2.64. The predicted molar refractivity (Wildman–Crippen MR) is 99.6 cm³/mol. The van der Waals surface area contributed by atoms with Crippen molar-refractivity contribution >= 4 is 11.6 Å². The number of unbranched alkanes of at least 4 members (excludes halogenated alkanes) is 1. The lowest BCUT2D eigenvalue weighted by Gasteiger charge is -2.36. The Morgan fingerprint density at radius 1 is 1.00 bits per heavy atom. The summed E-state index contributed by atoms with van der Waals surface area (Å²) in [4.78, 5) is 16.5. The van der Waals surface area contributed by atoms with Crippen molar-refractivity contribution in [2.75, 3.05) is 31.1 Å². The monoisotopic (exact) mass is 340 g/mol. The highest BCUT2D eigenvalue weighted by molar-refractivity contribution is 5.94. The molecule has 0 radical (unpaired) electrons. The molecule has 132 valence electrons. The van der Waals surface area contributed by atoms with E-state index in [0.29, 0.717) is 31.9 Å². The minimum atomic E-state index is -0.204. The molecule has 0 unspecified atom stereocenters. The lowest BCUT2D eigenvalue weighted by Crippen LogP contribution is -2.49. The van der Waals surface area contributed by atoms with Gasteiger partial charge >= 0.3 is 0 Å². The van der Waals surface area contributed by atoms with Crippen LogP contribution in [-0.4, -0.2) is 37.0 Å². The molecule has 0 aromatic heterocycles. The Morgan fingerprint density at radius 3 is 2.32 bits per heavy atom. The van der Waals surface area contributed by atoms with Gasteiger partial charge in [0.15, 0.2) is 0 Å². The first-order valence-corrected chi connectivity index (χ1v) is 9.06. The number of benzene rings is 2. The SMILES string of the molecule is CCCCc1ccc(C(=O)N2CCN(c3ccccc3F)CC2)cc1.